The summed E-state index contributed by atoms with van der Waals surface area (Å²) >= 11 is 5.83. The topological polar surface area (TPSA) is 40.5 Å². The van der Waals surface area contributed by atoms with E-state index in [2.05, 4.69) is 0 Å². The summed E-state index contributed by atoms with van der Waals surface area (Å²) in [5.41, 5.74) is 0.508. The van der Waals surface area contributed by atoms with Crippen LogP contribution in [0.3, 0.4) is 0 Å². The minimum Gasteiger partial charge on any atom is -0.373 e. The van der Waals surface area contributed by atoms with E-state index in [4.69, 9.17) is 11.6 Å². The maximum absolute atomic E-state index is 10.6. The third-order valence-corrected chi connectivity index (χ3v) is 1.97. The second-order valence-electron chi connectivity index (χ2n) is 2.60. The number of aliphatic hydroxyl groups is 1. The maximum Gasteiger partial charge on any atom is 0.216 e. The monoisotopic (exact) mass is 199 g/mol. The Labute approximate surface area is 81.5 Å². The largest absolute Gasteiger partial charge is 0.373 e. The normalized spacial score (nSPS) is 12.2. The van der Waals surface area contributed by atoms with Crippen molar-refractivity contribution in [1.29, 1.82) is 0 Å². The number of carbonyl (C=O) groups is 1. The fourth-order valence-corrected chi connectivity index (χ4v) is 1.24. The van der Waals surface area contributed by atoms with Gasteiger partial charge in [0.15, 0.2) is 0 Å². The first-order valence-electron chi connectivity index (χ1n) is 3.83. The molecular weight excluding hydrogens is 190 g/mol. The van der Waals surface area contributed by atoms with Crippen LogP contribution in [0.15, 0.2) is 24.3 Å². The summed E-state index contributed by atoms with van der Waals surface area (Å²) in [5.74, 6) is 0. The van der Waals surface area contributed by atoms with Crippen molar-refractivity contribution in [2.24, 2.45) is 0 Å². The molecule has 1 aromatic rings. The number of amides is 1. The summed E-state index contributed by atoms with van der Waals surface area (Å²) in [6.45, 7) is 1.50. The summed E-state index contributed by atoms with van der Waals surface area (Å²) in [7, 11) is 0. The van der Waals surface area contributed by atoms with Crippen LogP contribution >= 0.6 is 11.6 Å². The Morgan fingerprint density at radius 3 is 2.62 bits per heavy atom. The van der Waals surface area contributed by atoms with E-state index in [1.54, 1.807) is 24.3 Å². The van der Waals surface area contributed by atoms with Gasteiger partial charge < -0.3 is 5.11 Å². The van der Waals surface area contributed by atoms with Gasteiger partial charge >= 0.3 is 0 Å². The summed E-state index contributed by atoms with van der Waals surface area (Å²) < 4.78 is 0. The van der Waals surface area contributed by atoms with Crippen LogP contribution in [-0.4, -0.2) is 17.7 Å². The number of rotatable bonds is 3. The van der Waals surface area contributed by atoms with E-state index in [0.717, 1.165) is 4.90 Å². The number of hydrogen-bond donors (Lipinski definition) is 1. The highest BCUT2D eigenvalue weighted by Gasteiger charge is 2.12. The Hall–Kier alpha value is -1.06. The molecule has 0 aliphatic heterocycles. The highest BCUT2D eigenvalue weighted by Crippen LogP contribution is 2.24. The molecule has 70 valence electrons. The Morgan fingerprint density at radius 1 is 1.54 bits per heavy atom. The molecule has 1 rings (SSSR count). The predicted octanol–water partition coefficient (Wildman–Crippen LogP) is 1.64. The van der Waals surface area contributed by atoms with Gasteiger partial charge in [0.25, 0.3) is 0 Å². The van der Waals surface area contributed by atoms with Gasteiger partial charge in [-0.3, -0.25) is 9.69 Å². The summed E-state index contributed by atoms with van der Waals surface area (Å²) in [4.78, 5) is 11.8. The first-order valence-corrected chi connectivity index (χ1v) is 4.21. The molecule has 1 atom stereocenters. The maximum atomic E-state index is 10.6. The number of carbonyl (C=O) groups excluding carboxylic acids is 1. The molecule has 1 unspecified atom stereocenters. The number of anilines is 1. The average Bonchev–Trinajstić information content (AvgIpc) is 2.09. The van der Waals surface area contributed by atoms with Crippen molar-refractivity contribution in [2.45, 2.75) is 13.2 Å². The first kappa shape index (κ1) is 10.0. The number of nitrogens with zero attached hydrogens (tertiary/aromatic N) is 1. The van der Waals surface area contributed by atoms with Gasteiger partial charge in [-0.2, -0.15) is 0 Å². The summed E-state index contributed by atoms with van der Waals surface area (Å²) in [6, 6.07) is 6.84. The Kier molecular flexibility index (Phi) is 3.28. The molecule has 0 aliphatic rings. The van der Waals surface area contributed by atoms with Crippen LogP contribution in [-0.2, 0) is 4.79 Å². The van der Waals surface area contributed by atoms with Gasteiger partial charge in [0.05, 0.1) is 10.7 Å². The van der Waals surface area contributed by atoms with E-state index < -0.39 is 6.23 Å². The van der Waals surface area contributed by atoms with Crippen LogP contribution in [0.25, 0.3) is 0 Å². The molecule has 1 amide bonds. The van der Waals surface area contributed by atoms with Crippen molar-refractivity contribution in [3.63, 3.8) is 0 Å². The lowest BCUT2D eigenvalue weighted by Crippen LogP contribution is -2.31. The first-order chi connectivity index (χ1) is 6.16. The van der Waals surface area contributed by atoms with E-state index in [9.17, 15) is 9.90 Å². The van der Waals surface area contributed by atoms with Crippen LogP contribution < -0.4 is 4.90 Å². The van der Waals surface area contributed by atoms with E-state index in [1.807, 2.05) is 0 Å². The van der Waals surface area contributed by atoms with Crippen LogP contribution in [0, 0.1) is 0 Å². The predicted molar refractivity (Wildman–Crippen MR) is 51.7 cm³/mol. The fourth-order valence-electron chi connectivity index (χ4n) is 1.01. The van der Waals surface area contributed by atoms with Gasteiger partial charge in [-0.1, -0.05) is 23.7 Å². The molecule has 0 bridgehead atoms. The van der Waals surface area contributed by atoms with Gasteiger partial charge in [0.2, 0.25) is 6.41 Å². The summed E-state index contributed by atoms with van der Waals surface area (Å²) in [5, 5.41) is 9.67. The number of aliphatic hydroxyl groups excluding tert-OH is 1. The Bertz CT molecular complexity index is 301. The lowest BCUT2D eigenvalue weighted by Gasteiger charge is -2.21. The van der Waals surface area contributed by atoms with Gasteiger partial charge in [-0.05, 0) is 19.1 Å². The Morgan fingerprint density at radius 2 is 2.15 bits per heavy atom. The van der Waals surface area contributed by atoms with Crippen molar-refractivity contribution >= 4 is 23.7 Å². The highest BCUT2D eigenvalue weighted by atomic mass is 35.5. The van der Waals surface area contributed by atoms with Crippen molar-refractivity contribution < 1.29 is 9.90 Å². The Balaban J connectivity index is 3.04. The molecular formula is C9H10ClNO2. The van der Waals surface area contributed by atoms with Crippen molar-refractivity contribution in [3.8, 4) is 0 Å². The molecule has 0 aromatic heterocycles. The second-order valence-corrected chi connectivity index (χ2v) is 3.00. The van der Waals surface area contributed by atoms with E-state index in [0.29, 0.717) is 17.1 Å². The van der Waals surface area contributed by atoms with Crippen molar-refractivity contribution in [2.75, 3.05) is 4.90 Å². The lowest BCUT2D eigenvalue weighted by molar-refractivity contribution is -0.109. The molecule has 4 heteroatoms. The summed E-state index contributed by atoms with van der Waals surface area (Å²) in [6.07, 6.45) is -0.330. The van der Waals surface area contributed by atoms with Crippen LogP contribution in [0.2, 0.25) is 5.02 Å². The van der Waals surface area contributed by atoms with Gasteiger partial charge in [0, 0.05) is 0 Å². The molecule has 0 heterocycles. The zero-order valence-electron chi connectivity index (χ0n) is 7.14. The quantitative estimate of drug-likeness (QED) is 0.594. The molecule has 0 saturated heterocycles. The minimum atomic E-state index is -0.877. The van der Waals surface area contributed by atoms with Crippen molar-refractivity contribution in [1.82, 2.24) is 0 Å². The van der Waals surface area contributed by atoms with E-state index in [1.165, 1.54) is 6.92 Å². The second kappa shape index (κ2) is 4.25. The highest BCUT2D eigenvalue weighted by molar-refractivity contribution is 6.33. The number of hydrogen-bond acceptors (Lipinski definition) is 2. The molecule has 1 aromatic carbocycles. The smallest absolute Gasteiger partial charge is 0.216 e. The van der Waals surface area contributed by atoms with Crippen LogP contribution in [0.1, 0.15) is 6.92 Å². The van der Waals surface area contributed by atoms with Gasteiger partial charge in [-0.15, -0.1) is 0 Å². The number of para-hydroxylation sites is 1. The molecule has 0 saturated carbocycles. The molecule has 0 spiro atoms. The average molecular weight is 200 g/mol. The lowest BCUT2D eigenvalue weighted by atomic mass is 10.3. The van der Waals surface area contributed by atoms with E-state index in [-0.39, 0.29) is 0 Å². The van der Waals surface area contributed by atoms with Crippen LogP contribution in [0.5, 0.6) is 0 Å². The van der Waals surface area contributed by atoms with Gasteiger partial charge in [-0.25, -0.2) is 0 Å². The minimum absolute atomic E-state index is 0.440. The molecule has 0 fully saturated rings. The number of benzene rings is 1. The zero-order valence-corrected chi connectivity index (χ0v) is 7.90. The SMILES string of the molecule is CC(O)N(C=O)c1ccccc1Cl. The van der Waals surface area contributed by atoms with Crippen LogP contribution in [0.4, 0.5) is 5.69 Å². The zero-order chi connectivity index (χ0) is 9.84. The van der Waals surface area contributed by atoms with E-state index >= 15 is 0 Å². The van der Waals surface area contributed by atoms with Crippen molar-refractivity contribution in [3.05, 3.63) is 29.3 Å². The molecule has 3 nitrogen and oxygen atoms in total. The molecule has 0 aliphatic carbocycles. The third-order valence-electron chi connectivity index (χ3n) is 1.65. The fraction of sp³-hybridized carbons (Fsp3) is 0.222. The standard InChI is InChI=1S/C9H10ClNO2/c1-7(13)11(6-12)9-5-3-2-4-8(9)10/h2-7,13H,1H3. The molecule has 13 heavy (non-hydrogen) atoms. The molecule has 0 radical (unpaired) electrons. The third kappa shape index (κ3) is 2.20. The molecule has 1 N–H and O–H groups in total. The van der Waals surface area contributed by atoms with Gasteiger partial charge in [0.1, 0.15) is 6.23 Å². The number of halogens is 1.